The Bertz CT molecular complexity index is 1540. The number of hydrogen-bond donors (Lipinski definition) is 5. The van der Waals surface area contributed by atoms with Crippen LogP contribution in [0.1, 0.15) is 11.1 Å². The van der Waals surface area contributed by atoms with E-state index in [1.54, 1.807) is 6.07 Å². The number of aromatic amines is 2. The van der Waals surface area contributed by atoms with Gasteiger partial charge in [-0.2, -0.15) is 0 Å². The highest BCUT2D eigenvalue weighted by atomic mass is 32.1. The van der Waals surface area contributed by atoms with Gasteiger partial charge in [0.2, 0.25) is 0 Å². The molecule has 0 amide bonds. The number of nitrogens with zero attached hydrogens (tertiary/aromatic N) is 2. The van der Waals surface area contributed by atoms with Crippen LogP contribution in [-0.4, -0.2) is 45.2 Å². The van der Waals surface area contributed by atoms with E-state index in [0.717, 1.165) is 37.4 Å². The van der Waals surface area contributed by atoms with Crippen LogP contribution in [0.2, 0.25) is 0 Å². The van der Waals surface area contributed by atoms with Gasteiger partial charge in [0.25, 0.3) is 0 Å². The molecular formula is C22H17N7O2S. The Balaban J connectivity index is 1.51. The third kappa shape index (κ3) is 2.84. The van der Waals surface area contributed by atoms with Crippen molar-refractivity contribution in [2.75, 3.05) is 13.2 Å². The molecule has 5 aromatic rings. The molecule has 10 heteroatoms. The second-order valence-electron chi connectivity index (χ2n) is 7.35. The predicted octanol–water partition coefficient (Wildman–Crippen LogP) is 3.89. The highest BCUT2D eigenvalue weighted by Gasteiger charge is 2.29. The van der Waals surface area contributed by atoms with Crippen molar-refractivity contribution in [3.8, 4) is 32.9 Å². The molecule has 6 N–H and O–H groups in total. The lowest BCUT2D eigenvalue weighted by Crippen LogP contribution is -2.15. The first-order valence-corrected chi connectivity index (χ1v) is 10.7. The van der Waals surface area contributed by atoms with Gasteiger partial charge in [-0.3, -0.25) is 5.41 Å². The number of amidine groups is 1. The van der Waals surface area contributed by atoms with Crippen molar-refractivity contribution in [2.24, 2.45) is 5.73 Å². The molecule has 0 aliphatic carbocycles. The van der Waals surface area contributed by atoms with Crippen LogP contribution in [0.25, 0.3) is 43.5 Å². The second kappa shape index (κ2) is 6.92. The number of thiophene rings is 1. The number of nitrogens with two attached hydrogens (primary N) is 1. The normalized spacial score (nSPS) is 13.0. The zero-order valence-electron chi connectivity index (χ0n) is 16.7. The number of ether oxygens (including phenoxy) is 2. The zero-order chi connectivity index (χ0) is 21.8. The van der Waals surface area contributed by atoms with Crippen molar-refractivity contribution in [1.82, 2.24) is 19.9 Å². The van der Waals surface area contributed by atoms with Gasteiger partial charge in [0.1, 0.15) is 28.8 Å². The molecule has 158 valence electrons. The first-order chi connectivity index (χ1) is 15.6. The minimum Gasteiger partial charge on any atom is -0.484 e. The molecule has 32 heavy (non-hydrogen) atoms. The maximum Gasteiger partial charge on any atom is 0.183 e. The second-order valence-corrected chi connectivity index (χ2v) is 8.37. The number of nitrogen functional groups attached to an aromatic ring is 1. The topological polar surface area (TPSA) is 150 Å². The number of fused-ring (bicyclic) bond motifs is 3. The molecule has 2 aromatic carbocycles. The van der Waals surface area contributed by atoms with Gasteiger partial charge in [0, 0.05) is 11.8 Å². The highest BCUT2D eigenvalue weighted by Crippen LogP contribution is 2.52. The van der Waals surface area contributed by atoms with E-state index in [9.17, 15) is 0 Å². The summed E-state index contributed by atoms with van der Waals surface area (Å²) in [5, 5.41) is 15.1. The Morgan fingerprint density at radius 1 is 0.938 bits per heavy atom. The van der Waals surface area contributed by atoms with Crippen molar-refractivity contribution in [2.45, 2.75) is 0 Å². The van der Waals surface area contributed by atoms with Gasteiger partial charge in [0.05, 0.1) is 22.1 Å². The van der Waals surface area contributed by atoms with Crippen LogP contribution in [0.3, 0.4) is 0 Å². The maximum atomic E-state index is 7.66. The van der Waals surface area contributed by atoms with E-state index in [1.165, 1.54) is 17.6 Å². The Labute approximate surface area is 185 Å². The van der Waals surface area contributed by atoms with Gasteiger partial charge in [0.15, 0.2) is 23.1 Å². The molecule has 0 bridgehead atoms. The van der Waals surface area contributed by atoms with E-state index >= 15 is 0 Å². The molecule has 6 rings (SSSR count). The summed E-state index contributed by atoms with van der Waals surface area (Å²) >= 11 is 1.48. The molecule has 0 atom stereocenters. The van der Waals surface area contributed by atoms with Crippen LogP contribution in [-0.2, 0) is 0 Å². The SMILES string of the molecule is N=Cc1ccc2nc(-c3sc(-c4nc5ccc(C(=N)N)cc5[nH]4)c4c3OCCO4)[nH]c2c1. The molecule has 1 aliphatic rings. The Kier molecular flexibility index (Phi) is 4.02. The Morgan fingerprint density at radius 3 is 2.12 bits per heavy atom. The molecule has 0 saturated carbocycles. The summed E-state index contributed by atoms with van der Waals surface area (Å²) in [4.78, 5) is 17.7. The molecule has 0 saturated heterocycles. The summed E-state index contributed by atoms with van der Waals surface area (Å²) in [6.07, 6.45) is 1.31. The Morgan fingerprint density at radius 2 is 1.53 bits per heavy atom. The fourth-order valence-electron chi connectivity index (χ4n) is 3.77. The van der Waals surface area contributed by atoms with E-state index in [-0.39, 0.29) is 5.84 Å². The molecule has 0 fully saturated rings. The van der Waals surface area contributed by atoms with E-state index in [1.807, 2.05) is 30.3 Å². The van der Waals surface area contributed by atoms with Crippen LogP contribution in [0.4, 0.5) is 0 Å². The molecular weight excluding hydrogens is 426 g/mol. The van der Waals surface area contributed by atoms with Crippen LogP contribution in [0.15, 0.2) is 36.4 Å². The standard InChI is InChI=1S/C22H17N7O2S/c23-9-10-1-3-12-14(7-10)28-21(26-12)18-16-17(31-6-5-30-16)19(32-18)22-27-13-4-2-11(20(24)25)8-15(13)29-22/h1-4,7-9,23H,5-6H2,(H3,24,25)(H,26,28)(H,27,29). The number of H-pyrrole nitrogens is 2. The van der Waals surface area contributed by atoms with Crippen molar-refractivity contribution in [1.29, 1.82) is 10.8 Å². The smallest absolute Gasteiger partial charge is 0.183 e. The van der Waals surface area contributed by atoms with Gasteiger partial charge in [-0.25, -0.2) is 9.97 Å². The number of imidazole rings is 2. The summed E-state index contributed by atoms with van der Waals surface area (Å²) in [6.45, 7) is 0.907. The molecule has 3 aromatic heterocycles. The average Bonchev–Trinajstić information content (AvgIpc) is 3.51. The summed E-state index contributed by atoms with van der Waals surface area (Å²) < 4.78 is 12.0. The van der Waals surface area contributed by atoms with Crippen LogP contribution >= 0.6 is 11.3 Å². The molecule has 9 nitrogen and oxygen atoms in total. The minimum absolute atomic E-state index is 0.00614. The van der Waals surface area contributed by atoms with Crippen molar-refractivity contribution in [3.63, 3.8) is 0 Å². The van der Waals surface area contributed by atoms with Crippen molar-refractivity contribution in [3.05, 3.63) is 47.5 Å². The molecule has 0 spiro atoms. The van der Waals surface area contributed by atoms with Crippen LogP contribution < -0.4 is 15.2 Å². The zero-order valence-corrected chi connectivity index (χ0v) is 17.5. The van der Waals surface area contributed by atoms with Crippen molar-refractivity contribution >= 4 is 45.5 Å². The van der Waals surface area contributed by atoms with E-state index < -0.39 is 0 Å². The number of aromatic nitrogens is 4. The predicted molar refractivity (Wildman–Crippen MR) is 124 cm³/mol. The summed E-state index contributed by atoms with van der Waals surface area (Å²) in [5.74, 6) is 2.62. The third-order valence-electron chi connectivity index (χ3n) is 5.29. The van der Waals surface area contributed by atoms with Gasteiger partial charge in [-0.05, 0) is 35.9 Å². The number of benzene rings is 2. The van der Waals surface area contributed by atoms with Gasteiger partial charge >= 0.3 is 0 Å². The monoisotopic (exact) mass is 443 g/mol. The van der Waals surface area contributed by atoms with E-state index in [0.29, 0.717) is 41.9 Å². The number of nitrogens with one attached hydrogen (secondary N) is 4. The van der Waals surface area contributed by atoms with Gasteiger partial charge < -0.3 is 30.6 Å². The summed E-state index contributed by atoms with van der Waals surface area (Å²) in [7, 11) is 0. The molecule has 0 unspecified atom stereocenters. The van der Waals surface area contributed by atoms with Crippen LogP contribution in [0.5, 0.6) is 11.5 Å². The van der Waals surface area contributed by atoms with E-state index in [4.69, 9.17) is 36.0 Å². The number of rotatable bonds is 4. The maximum absolute atomic E-state index is 7.66. The fourth-order valence-corrected chi connectivity index (χ4v) is 4.85. The lowest BCUT2D eigenvalue weighted by atomic mass is 10.2. The quantitative estimate of drug-likeness (QED) is 0.211. The summed E-state index contributed by atoms with van der Waals surface area (Å²) in [5.41, 5.74) is 10.3. The third-order valence-corrected chi connectivity index (χ3v) is 6.46. The fraction of sp³-hybridized carbons (Fsp3) is 0.0909. The lowest BCUT2D eigenvalue weighted by Gasteiger charge is -2.16. The number of hydrogen-bond acceptors (Lipinski definition) is 7. The molecule has 1 aliphatic heterocycles. The van der Waals surface area contributed by atoms with E-state index in [2.05, 4.69) is 9.97 Å². The first-order valence-electron chi connectivity index (χ1n) is 9.88. The van der Waals surface area contributed by atoms with Gasteiger partial charge in [-0.1, -0.05) is 6.07 Å². The highest BCUT2D eigenvalue weighted by molar-refractivity contribution is 7.19. The lowest BCUT2D eigenvalue weighted by molar-refractivity contribution is 0.174. The average molecular weight is 443 g/mol. The van der Waals surface area contributed by atoms with Crippen LogP contribution in [0, 0.1) is 10.8 Å². The van der Waals surface area contributed by atoms with Crippen molar-refractivity contribution < 1.29 is 9.47 Å². The summed E-state index contributed by atoms with van der Waals surface area (Å²) in [6, 6.07) is 11.1. The minimum atomic E-state index is 0.00614. The van der Waals surface area contributed by atoms with Gasteiger partial charge in [-0.15, -0.1) is 11.3 Å². The Hall–Kier alpha value is -4.18. The first kappa shape index (κ1) is 18.6. The largest absolute Gasteiger partial charge is 0.484 e. The molecule has 4 heterocycles. The molecule has 0 radical (unpaired) electrons.